The number of rotatable bonds is 4. The molecule has 0 saturated heterocycles. The SMILES string of the molecule is C/C(NNC(=O)c1ccc(O)cc1)=C1/C(=O)N(c2ccc(C)c(C)c2)c2ccccc21. The second kappa shape index (κ2) is 7.99. The third-order valence-electron chi connectivity index (χ3n) is 5.45. The lowest BCUT2D eigenvalue weighted by atomic mass is 10.1. The van der Waals surface area contributed by atoms with E-state index in [0.29, 0.717) is 16.8 Å². The molecule has 1 aliphatic heterocycles. The van der Waals surface area contributed by atoms with Crippen molar-refractivity contribution in [3.8, 4) is 5.75 Å². The molecule has 31 heavy (non-hydrogen) atoms. The zero-order valence-corrected chi connectivity index (χ0v) is 17.6. The van der Waals surface area contributed by atoms with Crippen molar-refractivity contribution >= 4 is 28.8 Å². The van der Waals surface area contributed by atoms with Crippen LogP contribution in [0.15, 0.2) is 72.4 Å². The molecule has 0 atom stereocenters. The predicted octanol–water partition coefficient (Wildman–Crippen LogP) is 4.35. The van der Waals surface area contributed by atoms with Crippen LogP contribution in [-0.2, 0) is 4.79 Å². The number of hydrogen-bond acceptors (Lipinski definition) is 4. The lowest BCUT2D eigenvalue weighted by Crippen LogP contribution is -2.37. The average Bonchev–Trinajstić information content (AvgIpc) is 3.06. The quantitative estimate of drug-likeness (QED) is 0.439. The zero-order valence-electron chi connectivity index (χ0n) is 17.6. The van der Waals surface area contributed by atoms with E-state index >= 15 is 0 Å². The number of amides is 2. The number of hydrogen-bond donors (Lipinski definition) is 3. The second-order valence-corrected chi connectivity index (χ2v) is 7.55. The van der Waals surface area contributed by atoms with Gasteiger partial charge in [0.2, 0.25) is 0 Å². The van der Waals surface area contributed by atoms with Gasteiger partial charge in [-0.05, 0) is 74.4 Å². The van der Waals surface area contributed by atoms with Gasteiger partial charge >= 0.3 is 0 Å². The van der Waals surface area contributed by atoms with E-state index in [1.165, 1.54) is 24.3 Å². The highest BCUT2D eigenvalue weighted by atomic mass is 16.3. The monoisotopic (exact) mass is 413 g/mol. The number of benzene rings is 3. The Balaban J connectivity index is 1.65. The molecule has 6 nitrogen and oxygen atoms in total. The molecule has 1 heterocycles. The summed E-state index contributed by atoms with van der Waals surface area (Å²) in [6.45, 7) is 5.81. The molecule has 0 radical (unpaired) electrons. The summed E-state index contributed by atoms with van der Waals surface area (Å²) in [4.78, 5) is 27.5. The molecule has 156 valence electrons. The number of aryl methyl sites for hydroxylation is 2. The maximum absolute atomic E-state index is 13.4. The Kier molecular flexibility index (Phi) is 5.21. The number of carbonyl (C=O) groups excluding carboxylic acids is 2. The Morgan fingerprint density at radius 3 is 2.32 bits per heavy atom. The Bertz CT molecular complexity index is 1210. The molecule has 3 aromatic carbocycles. The van der Waals surface area contributed by atoms with Crippen molar-refractivity contribution in [1.82, 2.24) is 10.9 Å². The van der Waals surface area contributed by atoms with Crippen LogP contribution in [0.3, 0.4) is 0 Å². The molecule has 0 aliphatic carbocycles. The second-order valence-electron chi connectivity index (χ2n) is 7.55. The van der Waals surface area contributed by atoms with Gasteiger partial charge in [-0.2, -0.15) is 0 Å². The minimum Gasteiger partial charge on any atom is -0.508 e. The molecule has 0 bridgehead atoms. The molecule has 2 amide bonds. The standard InChI is InChI=1S/C25H23N3O3/c1-15-8-11-19(14-16(15)2)28-22-7-5-4-6-21(22)23(25(28)31)17(3)26-27-24(30)18-9-12-20(29)13-10-18/h4-14,26,29H,1-3H3,(H,27,30)/b23-17-. The van der Waals surface area contributed by atoms with Crippen LogP contribution in [0.4, 0.5) is 11.4 Å². The van der Waals surface area contributed by atoms with E-state index in [2.05, 4.69) is 10.9 Å². The summed E-state index contributed by atoms with van der Waals surface area (Å²) < 4.78 is 0. The minimum atomic E-state index is -0.371. The lowest BCUT2D eigenvalue weighted by Gasteiger charge is -2.18. The van der Waals surface area contributed by atoms with Crippen molar-refractivity contribution in [1.29, 1.82) is 0 Å². The molecule has 0 saturated carbocycles. The molecule has 0 aromatic heterocycles. The Labute approximate surface area is 180 Å². The van der Waals surface area contributed by atoms with Gasteiger partial charge in [-0.25, -0.2) is 0 Å². The van der Waals surface area contributed by atoms with E-state index in [1.54, 1.807) is 11.8 Å². The number of nitrogens with zero attached hydrogens (tertiary/aromatic N) is 1. The van der Waals surface area contributed by atoms with Crippen LogP contribution in [0.2, 0.25) is 0 Å². The van der Waals surface area contributed by atoms with E-state index in [4.69, 9.17) is 0 Å². The van der Waals surface area contributed by atoms with Crippen molar-refractivity contribution in [3.05, 3.63) is 94.7 Å². The summed E-state index contributed by atoms with van der Waals surface area (Å²) in [6.07, 6.45) is 0. The van der Waals surface area contributed by atoms with Crippen LogP contribution >= 0.6 is 0 Å². The van der Waals surface area contributed by atoms with Crippen LogP contribution in [0, 0.1) is 13.8 Å². The van der Waals surface area contributed by atoms with Crippen LogP contribution in [0.1, 0.15) is 34.0 Å². The van der Waals surface area contributed by atoms with Crippen LogP contribution < -0.4 is 15.8 Å². The number of fused-ring (bicyclic) bond motifs is 1. The lowest BCUT2D eigenvalue weighted by molar-refractivity contribution is -0.112. The van der Waals surface area contributed by atoms with Gasteiger partial charge in [0, 0.05) is 22.5 Å². The maximum atomic E-state index is 13.4. The maximum Gasteiger partial charge on any atom is 0.269 e. The highest BCUT2D eigenvalue weighted by Gasteiger charge is 2.35. The van der Waals surface area contributed by atoms with Crippen LogP contribution in [0.25, 0.3) is 5.57 Å². The Morgan fingerprint density at radius 1 is 0.903 bits per heavy atom. The predicted molar refractivity (Wildman–Crippen MR) is 121 cm³/mol. The van der Waals surface area contributed by atoms with E-state index < -0.39 is 0 Å². The molecule has 3 aromatic rings. The van der Waals surface area contributed by atoms with Gasteiger partial charge in [0.1, 0.15) is 5.75 Å². The first kappa shape index (κ1) is 20.2. The number of nitrogens with one attached hydrogen (secondary N) is 2. The first-order valence-electron chi connectivity index (χ1n) is 9.94. The number of phenolic OH excluding ortho intramolecular Hbond substituents is 1. The van der Waals surface area contributed by atoms with Gasteiger partial charge in [-0.15, -0.1) is 0 Å². The molecule has 0 spiro atoms. The third-order valence-corrected chi connectivity index (χ3v) is 5.45. The summed E-state index contributed by atoms with van der Waals surface area (Å²) in [6, 6.07) is 19.5. The number of carbonyl (C=O) groups is 2. The van der Waals surface area contributed by atoms with E-state index in [-0.39, 0.29) is 17.6 Å². The summed E-state index contributed by atoms with van der Waals surface area (Å²) in [5.74, 6) is -0.444. The summed E-state index contributed by atoms with van der Waals surface area (Å²) >= 11 is 0. The van der Waals surface area contributed by atoms with Crippen molar-refractivity contribution < 1.29 is 14.7 Å². The molecular formula is C25H23N3O3. The van der Waals surface area contributed by atoms with Crippen LogP contribution in [0.5, 0.6) is 5.75 Å². The molecular weight excluding hydrogens is 390 g/mol. The Hall–Kier alpha value is -4.06. The van der Waals surface area contributed by atoms with E-state index in [0.717, 1.165) is 28.1 Å². The molecule has 0 fully saturated rings. The third kappa shape index (κ3) is 3.75. The number of hydrazine groups is 1. The minimum absolute atomic E-state index is 0.0856. The molecule has 4 rings (SSSR count). The summed E-state index contributed by atoms with van der Waals surface area (Å²) in [5, 5.41) is 9.38. The molecule has 1 aliphatic rings. The highest BCUT2D eigenvalue weighted by molar-refractivity contribution is 6.35. The fourth-order valence-electron chi connectivity index (χ4n) is 3.60. The van der Waals surface area contributed by atoms with Crippen molar-refractivity contribution in [2.24, 2.45) is 0 Å². The molecule has 3 N–H and O–H groups in total. The first-order valence-corrected chi connectivity index (χ1v) is 9.94. The number of phenols is 1. The van der Waals surface area contributed by atoms with E-state index in [1.807, 2.05) is 56.3 Å². The molecule has 0 unspecified atom stereocenters. The molecule has 6 heteroatoms. The van der Waals surface area contributed by atoms with Gasteiger partial charge in [0.15, 0.2) is 0 Å². The average molecular weight is 413 g/mol. The zero-order chi connectivity index (χ0) is 22.1. The van der Waals surface area contributed by atoms with Crippen molar-refractivity contribution in [2.75, 3.05) is 4.90 Å². The van der Waals surface area contributed by atoms with Gasteiger partial charge in [0.05, 0.1) is 11.3 Å². The number of para-hydroxylation sites is 1. The number of aromatic hydroxyl groups is 1. The van der Waals surface area contributed by atoms with Gasteiger partial charge in [-0.1, -0.05) is 24.3 Å². The van der Waals surface area contributed by atoms with Crippen molar-refractivity contribution in [3.63, 3.8) is 0 Å². The van der Waals surface area contributed by atoms with Gasteiger partial charge in [-0.3, -0.25) is 19.9 Å². The topological polar surface area (TPSA) is 81.7 Å². The van der Waals surface area contributed by atoms with Crippen LogP contribution in [-0.4, -0.2) is 16.9 Å². The van der Waals surface area contributed by atoms with Crippen molar-refractivity contribution in [2.45, 2.75) is 20.8 Å². The largest absolute Gasteiger partial charge is 0.508 e. The first-order chi connectivity index (χ1) is 14.9. The fourth-order valence-corrected chi connectivity index (χ4v) is 3.60. The van der Waals surface area contributed by atoms with Gasteiger partial charge in [0.25, 0.3) is 11.8 Å². The number of anilines is 2. The normalized spacial score (nSPS) is 14.3. The fraction of sp³-hybridized carbons (Fsp3) is 0.120. The van der Waals surface area contributed by atoms with Gasteiger partial charge < -0.3 is 10.5 Å². The smallest absolute Gasteiger partial charge is 0.269 e. The highest BCUT2D eigenvalue weighted by Crippen LogP contribution is 2.42. The summed E-state index contributed by atoms with van der Waals surface area (Å²) in [5.41, 5.74) is 11.6. The number of allylic oxidation sites excluding steroid dienone is 1. The summed E-state index contributed by atoms with van der Waals surface area (Å²) in [7, 11) is 0. The Morgan fingerprint density at radius 2 is 1.61 bits per heavy atom. The van der Waals surface area contributed by atoms with E-state index in [9.17, 15) is 14.7 Å².